The zero-order valence-electron chi connectivity index (χ0n) is 19.1. The molecule has 3 heterocycles. The van der Waals surface area contributed by atoms with Crippen molar-refractivity contribution in [2.75, 3.05) is 31.6 Å². The van der Waals surface area contributed by atoms with Crippen LogP contribution in [-0.2, 0) is 11.3 Å². The fourth-order valence-corrected chi connectivity index (χ4v) is 5.14. The van der Waals surface area contributed by atoms with Crippen LogP contribution in [0.15, 0.2) is 48.5 Å². The number of nitrogens with one attached hydrogen (secondary N) is 1. The van der Waals surface area contributed by atoms with E-state index in [1.165, 1.54) is 4.90 Å². The number of amides is 3. The van der Waals surface area contributed by atoms with Gasteiger partial charge in [0.15, 0.2) is 0 Å². The molecule has 2 aromatic carbocycles. The number of nitrogens with zero attached hydrogens (tertiary/aromatic N) is 4. The van der Waals surface area contributed by atoms with Gasteiger partial charge in [0.1, 0.15) is 24.2 Å². The molecular weight excluding hydrogens is 458 g/mol. The largest absolute Gasteiger partial charge is 0.494 e. The van der Waals surface area contributed by atoms with Crippen molar-refractivity contribution in [3.8, 4) is 5.75 Å². The number of imide groups is 1. The third kappa shape index (κ3) is 3.98. The summed E-state index contributed by atoms with van der Waals surface area (Å²) >= 11 is 5.98. The van der Waals surface area contributed by atoms with Crippen molar-refractivity contribution < 1.29 is 19.4 Å². The molecule has 5 rings (SSSR count). The smallest absolute Gasteiger partial charge is 0.328 e. The van der Waals surface area contributed by atoms with E-state index in [0.29, 0.717) is 24.7 Å². The molecule has 0 aromatic heterocycles. The lowest BCUT2D eigenvalue weighted by atomic mass is 10.1. The number of carbonyl (C=O) groups excluding carboxylic acids is 2. The number of anilines is 1. The van der Waals surface area contributed by atoms with Gasteiger partial charge in [-0.25, -0.2) is 4.79 Å². The monoisotopic (exact) mass is 485 g/mol. The minimum Gasteiger partial charge on any atom is -0.494 e. The highest BCUT2D eigenvalue weighted by atomic mass is 35.5. The zero-order chi connectivity index (χ0) is 24.0. The van der Waals surface area contributed by atoms with Gasteiger partial charge >= 0.3 is 6.03 Å². The second-order valence-corrected chi connectivity index (χ2v) is 9.24. The molecule has 3 fully saturated rings. The van der Waals surface area contributed by atoms with Crippen molar-refractivity contribution in [1.29, 1.82) is 0 Å². The maximum Gasteiger partial charge on any atom is 0.328 e. The Bertz CT molecular complexity index is 1070. The molecule has 2 aromatic rings. The number of hydrogen-bond donors (Lipinski definition) is 2. The van der Waals surface area contributed by atoms with Gasteiger partial charge < -0.3 is 19.6 Å². The third-order valence-electron chi connectivity index (χ3n) is 6.62. The first kappa shape index (κ1) is 22.9. The van der Waals surface area contributed by atoms with E-state index in [-0.39, 0.29) is 24.8 Å². The van der Waals surface area contributed by atoms with Crippen LogP contribution in [0.5, 0.6) is 5.75 Å². The van der Waals surface area contributed by atoms with Crippen LogP contribution in [-0.4, -0.2) is 83.1 Å². The van der Waals surface area contributed by atoms with Crippen molar-refractivity contribution in [3.05, 3.63) is 59.1 Å². The second kappa shape index (κ2) is 9.07. The van der Waals surface area contributed by atoms with Gasteiger partial charge in [0.05, 0.1) is 19.3 Å². The van der Waals surface area contributed by atoms with E-state index in [0.717, 1.165) is 17.0 Å². The van der Waals surface area contributed by atoms with E-state index in [2.05, 4.69) is 5.32 Å². The van der Waals surface area contributed by atoms with Gasteiger partial charge in [-0.15, -0.1) is 0 Å². The Morgan fingerprint density at radius 1 is 1.09 bits per heavy atom. The number of aliphatic hydroxyl groups excluding tert-OH is 1. The number of carbonyl (C=O) groups is 2. The van der Waals surface area contributed by atoms with Crippen LogP contribution >= 0.6 is 11.6 Å². The molecule has 0 aliphatic carbocycles. The Labute approximate surface area is 203 Å². The second-order valence-electron chi connectivity index (χ2n) is 8.80. The minimum atomic E-state index is -0.649. The number of ether oxygens (including phenoxy) is 1. The van der Waals surface area contributed by atoms with E-state index < -0.39 is 18.3 Å². The first-order valence-electron chi connectivity index (χ1n) is 11.4. The van der Waals surface area contributed by atoms with Crippen LogP contribution in [0.25, 0.3) is 0 Å². The maximum absolute atomic E-state index is 13.6. The van der Waals surface area contributed by atoms with Crippen LogP contribution in [0, 0.1) is 0 Å². The fourth-order valence-electron chi connectivity index (χ4n) is 5.01. The van der Waals surface area contributed by atoms with Crippen molar-refractivity contribution in [2.45, 2.75) is 38.1 Å². The number of benzene rings is 2. The highest BCUT2D eigenvalue weighted by Crippen LogP contribution is 2.34. The predicted octanol–water partition coefficient (Wildman–Crippen LogP) is 1.90. The average Bonchev–Trinajstić information content (AvgIpc) is 3.21. The Morgan fingerprint density at radius 3 is 2.47 bits per heavy atom. The molecule has 4 atom stereocenters. The topological polar surface area (TPSA) is 88.6 Å². The summed E-state index contributed by atoms with van der Waals surface area (Å²) in [6, 6.07) is 13.8. The summed E-state index contributed by atoms with van der Waals surface area (Å²) in [5.41, 5.74) is 1.71. The van der Waals surface area contributed by atoms with Gasteiger partial charge in [0.2, 0.25) is 0 Å². The summed E-state index contributed by atoms with van der Waals surface area (Å²) < 4.78 is 5.54. The van der Waals surface area contributed by atoms with Crippen LogP contribution in [0.4, 0.5) is 10.5 Å². The number of rotatable bonds is 5. The summed E-state index contributed by atoms with van der Waals surface area (Å²) in [4.78, 5) is 33.6. The summed E-state index contributed by atoms with van der Waals surface area (Å²) in [6.45, 7) is 3.41. The van der Waals surface area contributed by atoms with Crippen molar-refractivity contribution in [3.63, 3.8) is 0 Å². The molecule has 3 aliphatic heterocycles. The Kier molecular flexibility index (Phi) is 6.11. The highest BCUT2D eigenvalue weighted by Gasteiger charge is 2.57. The average molecular weight is 486 g/mol. The number of aliphatic hydroxyl groups is 1. The first-order chi connectivity index (χ1) is 16.4. The number of urea groups is 1. The lowest BCUT2D eigenvalue weighted by Gasteiger charge is -2.45. The molecule has 0 bridgehead atoms. The van der Waals surface area contributed by atoms with Crippen molar-refractivity contribution in [2.24, 2.45) is 0 Å². The van der Waals surface area contributed by atoms with E-state index in [1.54, 1.807) is 24.1 Å². The molecule has 10 heteroatoms. The van der Waals surface area contributed by atoms with Gasteiger partial charge in [-0.05, 0) is 48.9 Å². The molecule has 3 saturated heterocycles. The minimum absolute atomic E-state index is 0.159. The Morgan fingerprint density at radius 2 is 1.79 bits per heavy atom. The summed E-state index contributed by atoms with van der Waals surface area (Å²) in [6.07, 6.45) is -1.49. The van der Waals surface area contributed by atoms with Crippen LogP contribution in [0.2, 0.25) is 5.02 Å². The molecule has 180 valence electrons. The lowest BCUT2D eigenvalue weighted by molar-refractivity contribution is -0.139. The van der Waals surface area contributed by atoms with E-state index >= 15 is 0 Å². The highest BCUT2D eigenvalue weighted by molar-refractivity contribution is 6.30. The summed E-state index contributed by atoms with van der Waals surface area (Å²) in [5, 5.41) is 14.7. The maximum atomic E-state index is 13.6. The molecule has 0 saturated carbocycles. The molecule has 3 amide bonds. The lowest BCUT2D eigenvalue weighted by Crippen LogP contribution is -2.66. The van der Waals surface area contributed by atoms with Crippen LogP contribution in [0.1, 0.15) is 12.5 Å². The molecule has 0 radical (unpaired) electrons. The first-order valence-corrected chi connectivity index (χ1v) is 11.8. The van der Waals surface area contributed by atoms with Crippen molar-refractivity contribution in [1.82, 2.24) is 20.0 Å². The van der Waals surface area contributed by atoms with E-state index in [9.17, 15) is 14.7 Å². The molecule has 4 unspecified atom stereocenters. The molecule has 9 nitrogen and oxygen atoms in total. The number of likely N-dealkylation sites (N-methyl/N-ethyl adjacent to an activating group) is 1. The number of β-amino-alcohol motifs (C(OH)–C–C–N with tert-alkyl or cyclic N) is 1. The van der Waals surface area contributed by atoms with Gasteiger partial charge in [-0.3, -0.25) is 19.9 Å². The van der Waals surface area contributed by atoms with Gasteiger partial charge in [0.25, 0.3) is 5.91 Å². The molecule has 3 aliphatic rings. The number of fused-ring (bicyclic) bond motifs is 3. The standard InChI is InChI=1S/C24H28ClN5O4/c1-3-34-19-10-8-17(9-11-19)28-13-18(31)14-29-20-21(26-23(28)29)27(2)24(33)30(22(20)32)12-15-4-6-16(25)7-5-15/h4-11,18,20-21,23,26,31H,3,12-14H2,1-2H3. The van der Waals surface area contributed by atoms with Crippen LogP contribution < -0.4 is 15.0 Å². The normalized spacial score (nSPS) is 27.1. The fraction of sp³-hybridized carbons (Fsp3) is 0.417. The SMILES string of the molecule is CCOc1ccc(N2CC(O)CN3C4C(=O)N(Cc5ccc(Cl)cc5)C(=O)N(C)C4NC23)cc1. The number of hydrogen-bond acceptors (Lipinski definition) is 7. The zero-order valence-corrected chi connectivity index (χ0v) is 19.9. The van der Waals surface area contributed by atoms with Gasteiger partial charge in [0, 0.05) is 30.8 Å². The third-order valence-corrected chi connectivity index (χ3v) is 6.87. The Hall–Kier alpha value is -2.85. The van der Waals surface area contributed by atoms with E-state index in [1.807, 2.05) is 53.1 Å². The van der Waals surface area contributed by atoms with Crippen LogP contribution in [0.3, 0.4) is 0 Å². The van der Waals surface area contributed by atoms with Gasteiger partial charge in [-0.1, -0.05) is 23.7 Å². The van der Waals surface area contributed by atoms with Gasteiger partial charge in [-0.2, -0.15) is 0 Å². The number of halogens is 1. The summed E-state index contributed by atoms with van der Waals surface area (Å²) in [7, 11) is 1.70. The summed E-state index contributed by atoms with van der Waals surface area (Å²) in [5.74, 6) is 0.492. The molecule has 2 N–H and O–H groups in total. The molecule has 0 spiro atoms. The quantitative estimate of drug-likeness (QED) is 0.668. The Balaban J connectivity index is 1.42. The predicted molar refractivity (Wildman–Crippen MR) is 127 cm³/mol. The molecule has 34 heavy (non-hydrogen) atoms. The molecular formula is C24H28ClN5O4. The van der Waals surface area contributed by atoms with E-state index in [4.69, 9.17) is 16.3 Å². The van der Waals surface area contributed by atoms with Crippen molar-refractivity contribution >= 4 is 29.2 Å².